The highest BCUT2D eigenvalue weighted by Gasteiger charge is 2.38. The van der Waals surface area contributed by atoms with Gasteiger partial charge in [-0.15, -0.1) is 6.58 Å². The Kier molecular flexibility index (Phi) is 5.26. The van der Waals surface area contributed by atoms with Crippen LogP contribution in [0.1, 0.15) is 32.1 Å². The zero-order chi connectivity index (χ0) is 16.3. The minimum absolute atomic E-state index is 0.00165. The van der Waals surface area contributed by atoms with Crippen molar-refractivity contribution in [3.05, 3.63) is 12.7 Å². The highest BCUT2D eigenvalue weighted by molar-refractivity contribution is 7.91. The summed E-state index contributed by atoms with van der Waals surface area (Å²) in [7, 11) is -3.07. The molecule has 3 atom stereocenters. The van der Waals surface area contributed by atoms with Crippen molar-refractivity contribution in [1.82, 2.24) is 4.90 Å². The van der Waals surface area contributed by atoms with Crippen molar-refractivity contribution in [3.8, 4) is 0 Å². The molecule has 0 aromatic carbocycles. The van der Waals surface area contributed by atoms with Gasteiger partial charge in [-0.1, -0.05) is 12.5 Å². The number of aliphatic carboxylic acids is 1. The van der Waals surface area contributed by atoms with Gasteiger partial charge in [0.15, 0.2) is 9.84 Å². The fourth-order valence-electron chi connectivity index (χ4n) is 3.45. The maximum absolute atomic E-state index is 12.7. The van der Waals surface area contributed by atoms with Crippen LogP contribution in [0.5, 0.6) is 0 Å². The predicted molar refractivity (Wildman–Crippen MR) is 82.1 cm³/mol. The molecule has 1 aliphatic carbocycles. The van der Waals surface area contributed by atoms with Crippen LogP contribution in [0.15, 0.2) is 12.7 Å². The second-order valence-electron chi connectivity index (χ2n) is 6.23. The van der Waals surface area contributed by atoms with Gasteiger partial charge in [-0.25, -0.2) is 8.42 Å². The first-order valence-electron chi connectivity index (χ1n) is 7.68. The molecule has 1 saturated heterocycles. The molecule has 1 heterocycles. The lowest BCUT2D eigenvalue weighted by molar-refractivity contribution is -0.145. The third-order valence-corrected chi connectivity index (χ3v) is 6.38. The topological polar surface area (TPSA) is 91.8 Å². The SMILES string of the molecule is C=CCN(C(=O)C1CCCC(C(=O)O)C1)C1CCS(=O)(=O)C1. The van der Waals surface area contributed by atoms with Gasteiger partial charge in [0.25, 0.3) is 0 Å². The molecule has 7 heteroatoms. The maximum Gasteiger partial charge on any atom is 0.306 e. The third kappa shape index (κ3) is 3.88. The highest BCUT2D eigenvalue weighted by Crippen LogP contribution is 2.32. The van der Waals surface area contributed by atoms with Crippen LogP contribution in [0, 0.1) is 11.8 Å². The molecule has 1 N–H and O–H groups in total. The molecule has 1 saturated carbocycles. The second-order valence-corrected chi connectivity index (χ2v) is 8.46. The molecule has 0 aromatic heterocycles. The lowest BCUT2D eigenvalue weighted by Gasteiger charge is -2.34. The molecule has 1 aliphatic heterocycles. The van der Waals surface area contributed by atoms with Crippen LogP contribution < -0.4 is 0 Å². The molecule has 6 nitrogen and oxygen atoms in total. The Labute approximate surface area is 131 Å². The van der Waals surface area contributed by atoms with E-state index in [1.54, 1.807) is 11.0 Å². The Morgan fingerprint density at radius 2 is 1.91 bits per heavy atom. The fraction of sp³-hybridized carbons (Fsp3) is 0.733. The molecule has 3 unspecified atom stereocenters. The van der Waals surface area contributed by atoms with Gasteiger partial charge in [-0.2, -0.15) is 0 Å². The van der Waals surface area contributed by atoms with Gasteiger partial charge in [0, 0.05) is 18.5 Å². The van der Waals surface area contributed by atoms with Gasteiger partial charge < -0.3 is 10.0 Å². The van der Waals surface area contributed by atoms with E-state index in [2.05, 4.69) is 6.58 Å². The number of amides is 1. The number of carboxylic acids is 1. The quantitative estimate of drug-likeness (QED) is 0.762. The van der Waals surface area contributed by atoms with E-state index < -0.39 is 21.7 Å². The normalized spacial score (nSPS) is 30.6. The first-order valence-corrected chi connectivity index (χ1v) is 9.51. The molecule has 1 amide bonds. The number of carboxylic acid groups (broad SMARTS) is 1. The van der Waals surface area contributed by atoms with Gasteiger partial charge >= 0.3 is 5.97 Å². The molecule has 0 bridgehead atoms. The van der Waals surface area contributed by atoms with Crippen LogP contribution in [0.3, 0.4) is 0 Å². The van der Waals surface area contributed by atoms with Crippen LogP contribution in [0.2, 0.25) is 0 Å². The van der Waals surface area contributed by atoms with E-state index in [0.717, 1.165) is 6.42 Å². The fourth-order valence-corrected chi connectivity index (χ4v) is 5.18. The van der Waals surface area contributed by atoms with Crippen molar-refractivity contribution in [2.75, 3.05) is 18.1 Å². The molecule has 0 spiro atoms. The third-order valence-electron chi connectivity index (χ3n) is 4.63. The summed E-state index contributed by atoms with van der Waals surface area (Å²) in [6.07, 6.45) is 4.41. The summed E-state index contributed by atoms with van der Waals surface area (Å²) in [5.74, 6) is -1.65. The van der Waals surface area contributed by atoms with Crippen molar-refractivity contribution in [2.24, 2.45) is 11.8 Å². The number of rotatable bonds is 5. The van der Waals surface area contributed by atoms with Crippen molar-refractivity contribution in [1.29, 1.82) is 0 Å². The van der Waals surface area contributed by atoms with Crippen LogP contribution in [0.4, 0.5) is 0 Å². The number of carbonyl (C=O) groups excluding carboxylic acids is 1. The van der Waals surface area contributed by atoms with Crippen LogP contribution in [-0.2, 0) is 19.4 Å². The van der Waals surface area contributed by atoms with E-state index in [0.29, 0.717) is 32.2 Å². The maximum atomic E-state index is 12.7. The van der Waals surface area contributed by atoms with Crippen molar-refractivity contribution >= 4 is 21.7 Å². The first-order chi connectivity index (χ1) is 10.3. The van der Waals surface area contributed by atoms with Crippen LogP contribution >= 0.6 is 0 Å². The van der Waals surface area contributed by atoms with E-state index in [1.807, 2.05) is 0 Å². The molecular formula is C15H23NO5S. The summed E-state index contributed by atoms with van der Waals surface area (Å²) in [6.45, 7) is 3.95. The monoisotopic (exact) mass is 329 g/mol. The number of hydrogen-bond donors (Lipinski definition) is 1. The molecular weight excluding hydrogens is 306 g/mol. The average molecular weight is 329 g/mol. The Bertz CT molecular complexity index is 556. The standard InChI is InChI=1S/C15H23NO5S/c1-2-7-16(13-6-8-22(20,21)10-13)14(17)11-4-3-5-12(9-11)15(18)19/h2,11-13H,1,3-10H2,(H,18,19). The molecule has 22 heavy (non-hydrogen) atoms. The van der Waals surface area contributed by atoms with E-state index in [9.17, 15) is 18.0 Å². The highest BCUT2D eigenvalue weighted by atomic mass is 32.2. The van der Waals surface area contributed by atoms with E-state index in [-0.39, 0.29) is 29.4 Å². The number of nitrogens with zero attached hydrogens (tertiary/aromatic N) is 1. The summed E-state index contributed by atoms with van der Waals surface area (Å²) in [5.41, 5.74) is 0. The largest absolute Gasteiger partial charge is 0.481 e. The lowest BCUT2D eigenvalue weighted by Crippen LogP contribution is -2.45. The smallest absolute Gasteiger partial charge is 0.306 e. The Morgan fingerprint density at radius 1 is 1.23 bits per heavy atom. The minimum atomic E-state index is -3.07. The summed E-state index contributed by atoms with van der Waals surface area (Å²) in [6, 6.07) is -0.305. The van der Waals surface area contributed by atoms with Crippen molar-refractivity contribution in [3.63, 3.8) is 0 Å². The van der Waals surface area contributed by atoms with Crippen molar-refractivity contribution < 1.29 is 23.1 Å². The molecule has 2 fully saturated rings. The predicted octanol–water partition coefficient (Wildman–Crippen LogP) is 1.08. The molecule has 2 aliphatic rings. The Hall–Kier alpha value is -1.37. The zero-order valence-corrected chi connectivity index (χ0v) is 13.4. The van der Waals surface area contributed by atoms with Gasteiger partial charge in [0.2, 0.25) is 5.91 Å². The first kappa shape index (κ1) is 17.0. The van der Waals surface area contributed by atoms with Crippen LogP contribution in [0.25, 0.3) is 0 Å². The molecule has 0 aromatic rings. The Morgan fingerprint density at radius 3 is 2.45 bits per heavy atom. The second kappa shape index (κ2) is 6.81. The summed E-state index contributed by atoms with van der Waals surface area (Å²) in [5, 5.41) is 9.14. The number of sulfone groups is 1. The molecule has 124 valence electrons. The minimum Gasteiger partial charge on any atom is -0.481 e. The van der Waals surface area contributed by atoms with Gasteiger partial charge in [0.05, 0.1) is 17.4 Å². The van der Waals surface area contributed by atoms with Crippen LogP contribution in [-0.4, -0.2) is 54.4 Å². The van der Waals surface area contributed by atoms with Crippen molar-refractivity contribution in [2.45, 2.75) is 38.1 Å². The summed E-state index contributed by atoms with van der Waals surface area (Å²) < 4.78 is 23.3. The van der Waals surface area contributed by atoms with E-state index in [1.165, 1.54) is 0 Å². The van der Waals surface area contributed by atoms with Gasteiger partial charge in [-0.05, 0) is 25.7 Å². The van der Waals surface area contributed by atoms with E-state index >= 15 is 0 Å². The Balaban J connectivity index is 2.09. The number of carbonyl (C=O) groups is 2. The van der Waals surface area contributed by atoms with E-state index in [4.69, 9.17) is 5.11 Å². The average Bonchev–Trinajstić information content (AvgIpc) is 2.84. The zero-order valence-electron chi connectivity index (χ0n) is 12.6. The summed E-state index contributed by atoms with van der Waals surface area (Å²) in [4.78, 5) is 25.5. The molecule has 2 rings (SSSR count). The summed E-state index contributed by atoms with van der Waals surface area (Å²) >= 11 is 0. The molecule has 0 radical (unpaired) electrons. The lowest BCUT2D eigenvalue weighted by atomic mass is 9.80. The number of hydrogen-bond acceptors (Lipinski definition) is 4. The van der Waals surface area contributed by atoms with Gasteiger partial charge in [-0.3, -0.25) is 9.59 Å². The van der Waals surface area contributed by atoms with Gasteiger partial charge in [0.1, 0.15) is 0 Å².